The van der Waals surface area contributed by atoms with E-state index in [1.54, 1.807) is 13.3 Å². The van der Waals surface area contributed by atoms with Gasteiger partial charge in [0.2, 0.25) is 5.13 Å². The van der Waals surface area contributed by atoms with Crippen molar-refractivity contribution in [3.63, 3.8) is 0 Å². The highest BCUT2D eigenvalue weighted by molar-refractivity contribution is 9.10. The second-order valence-corrected chi connectivity index (χ2v) is 9.23. The summed E-state index contributed by atoms with van der Waals surface area (Å²) in [6.07, 6.45) is 1.66. The number of nitrogens with zero attached hydrogens (tertiary/aromatic N) is 3. The Balaban J connectivity index is 1.57. The number of hydrogen-bond donors (Lipinski definition) is 0. The molecule has 0 radical (unpaired) electrons. The van der Waals surface area contributed by atoms with Gasteiger partial charge in [-0.1, -0.05) is 69.7 Å². The van der Waals surface area contributed by atoms with Gasteiger partial charge in [-0.25, -0.2) is 4.98 Å². The van der Waals surface area contributed by atoms with Crippen LogP contribution in [-0.2, 0) is 0 Å². The summed E-state index contributed by atoms with van der Waals surface area (Å²) in [5.74, 6) is 0.489. The molecule has 1 amide bonds. The van der Waals surface area contributed by atoms with E-state index in [-0.39, 0.29) is 5.91 Å². The van der Waals surface area contributed by atoms with Crippen LogP contribution >= 0.6 is 27.3 Å². The average Bonchev–Trinajstić information content (AvgIpc) is 3.27. The minimum atomic E-state index is -0.250. The summed E-state index contributed by atoms with van der Waals surface area (Å²) in [6, 6.07) is 27.0. The van der Waals surface area contributed by atoms with Crippen molar-refractivity contribution in [1.82, 2.24) is 4.98 Å². The highest BCUT2D eigenvalue weighted by Gasteiger charge is 2.21. The Hall–Kier alpha value is -3.55. The molecule has 162 valence electrons. The molecule has 0 saturated carbocycles. The summed E-state index contributed by atoms with van der Waals surface area (Å²) in [5.41, 5.74) is 2.20. The maximum Gasteiger partial charge on any atom is 0.280 e. The van der Waals surface area contributed by atoms with E-state index in [2.05, 4.69) is 26.0 Å². The Morgan fingerprint density at radius 2 is 1.79 bits per heavy atom. The Kier molecular flexibility index (Phi) is 5.90. The van der Waals surface area contributed by atoms with Crippen LogP contribution in [0, 0.1) is 0 Å². The fraction of sp³-hybridized carbons (Fsp3) is 0.0385. The third kappa shape index (κ3) is 4.51. The first-order chi connectivity index (χ1) is 16.1. The lowest BCUT2D eigenvalue weighted by Gasteiger charge is -2.14. The van der Waals surface area contributed by atoms with Crippen molar-refractivity contribution < 1.29 is 9.53 Å². The van der Waals surface area contributed by atoms with Crippen molar-refractivity contribution in [3.8, 4) is 5.75 Å². The van der Waals surface area contributed by atoms with Crippen molar-refractivity contribution >= 4 is 65.5 Å². The number of fused-ring (bicyclic) bond motifs is 2. The minimum Gasteiger partial charge on any atom is -0.497 e. The van der Waals surface area contributed by atoms with Crippen LogP contribution in [0.4, 0.5) is 5.13 Å². The summed E-state index contributed by atoms with van der Waals surface area (Å²) in [6.45, 7) is 0. The summed E-state index contributed by atoms with van der Waals surface area (Å²) >= 11 is 4.83. The monoisotopic (exact) mass is 515 g/mol. The number of anilines is 1. The summed E-state index contributed by atoms with van der Waals surface area (Å²) < 4.78 is 7.22. The number of halogens is 1. The van der Waals surface area contributed by atoms with Gasteiger partial charge in [0.05, 0.1) is 23.5 Å². The van der Waals surface area contributed by atoms with Gasteiger partial charge in [-0.2, -0.15) is 10.1 Å². The van der Waals surface area contributed by atoms with Crippen molar-refractivity contribution in [2.75, 3.05) is 12.1 Å². The lowest BCUT2D eigenvalue weighted by Crippen LogP contribution is -2.25. The first-order valence-electron chi connectivity index (χ1n) is 10.2. The zero-order chi connectivity index (χ0) is 22.8. The van der Waals surface area contributed by atoms with Crippen molar-refractivity contribution in [3.05, 3.63) is 101 Å². The molecule has 0 aliphatic rings. The van der Waals surface area contributed by atoms with Gasteiger partial charge in [0.1, 0.15) is 5.75 Å². The third-order valence-electron chi connectivity index (χ3n) is 5.15. The molecular formula is C26H18BrN3O2S. The molecule has 0 aliphatic heterocycles. The fourth-order valence-electron chi connectivity index (χ4n) is 3.42. The zero-order valence-corrected chi connectivity index (χ0v) is 20.0. The van der Waals surface area contributed by atoms with Gasteiger partial charge in [-0.15, -0.1) is 0 Å². The Labute approximate surface area is 203 Å². The first-order valence-corrected chi connectivity index (χ1v) is 11.8. The van der Waals surface area contributed by atoms with E-state index >= 15 is 0 Å². The van der Waals surface area contributed by atoms with E-state index < -0.39 is 0 Å². The molecule has 0 atom stereocenters. The van der Waals surface area contributed by atoms with Crippen LogP contribution in [0.3, 0.4) is 0 Å². The number of methoxy groups -OCH3 is 1. The third-order valence-corrected chi connectivity index (χ3v) is 6.67. The molecule has 5 aromatic rings. The zero-order valence-electron chi connectivity index (χ0n) is 17.6. The van der Waals surface area contributed by atoms with Crippen LogP contribution in [0.15, 0.2) is 94.5 Å². The normalized spacial score (nSPS) is 11.3. The number of hydrazone groups is 1. The Bertz CT molecular complexity index is 1500. The maximum atomic E-state index is 13.6. The number of hydrogen-bond acceptors (Lipinski definition) is 5. The van der Waals surface area contributed by atoms with E-state index in [1.165, 1.54) is 16.3 Å². The van der Waals surface area contributed by atoms with Crippen LogP contribution in [0.1, 0.15) is 15.9 Å². The van der Waals surface area contributed by atoms with Gasteiger partial charge in [-0.3, -0.25) is 4.79 Å². The highest BCUT2D eigenvalue weighted by atomic mass is 79.9. The quantitative estimate of drug-likeness (QED) is 0.189. The number of amides is 1. The minimum absolute atomic E-state index is 0.250. The van der Waals surface area contributed by atoms with E-state index in [1.807, 2.05) is 84.9 Å². The lowest BCUT2D eigenvalue weighted by atomic mass is 10.1. The summed E-state index contributed by atoms with van der Waals surface area (Å²) in [4.78, 5) is 18.3. The van der Waals surface area contributed by atoms with E-state index in [0.717, 1.165) is 36.8 Å². The van der Waals surface area contributed by atoms with Crippen LogP contribution in [0.5, 0.6) is 5.75 Å². The molecule has 0 N–H and O–H groups in total. The number of carbonyl (C=O) groups is 1. The van der Waals surface area contributed by atoms with Gasteiger partial charge in [-0.05, 0) is 58.8 Å². The summed E-state index contributed by atoms with van der Waals surface area (Å²) in [7, 11) is 1.63. The van der Waals surface area contributed by atoms with Crippen LogP contribution < -0.4 is 9.75 Å². The Morgan fingerprint density at radius 1 is 1.00 bits per heavy atom. The summed E-state index contributed by atoms with van der Waals surface area (Å²) in [5, 5.41) is 8.47. The number of carbonyl (C=O) groups excluding carboxylic acids is 1. The van der Waals surface area contributed by atoms with Gasteiger partial charge >= 0.3 is 0 Å². The average molecular weight is 516 g/mol. The molecule has 33 heavy (non-hydrogen) atoms. The molecule has 0 bridgehead atoms. The van der Waals surface area contributed by atoms with Crippen LogP contribution in [0.25, 0.3) is 21.0 Å². The van der Waals surface area contributed by atoms with E-state index in [4.69, 9.17) is 4.74 Å². The van der Waals surface area contributed by atoms with Crippen molar-refractivity contribution in [1.29, 1.82) is 0 Å². The molecule has 0 saturated heterocycles. The smallest absolute Gasteiger partial charge is 0.280 e. The standard InChI is InChI=1S/C26H18BrN3O2S/c1-32-22-12-13-23-24(15-22)33-26(29-23)30(28-16-17-6-10-21(27)11-7-17)25(31)20-9-8-18-4-2-3-5-19(18)14-20/h2-16H,1H3/b28-16+. The van der Waals surface area contributed by atoms with Crippen LogP contribution in [0.2, 0.25) is 0 Å². The fourth-order valence-corrected chi connectivity index (χ4v) is 4.63. The molecule has 0 fully saturated rings. The number of rotatable bonds is 5. The van der Waals surface area contributed by atoms with Crippen molar-refractivity contribution in [2.45, 2.75) is 0 Å². The van der Waals surface area contributed by atoms with Gasteiger partial charge in [0, 0.05) is 10.0 Å². The predicted octanol–water partition coefficient (Wildman–Crippen LogP) is 6.90. The SMILES string of the molecule is COc1ccc2nc(N(/N=C/c3ccc(Br)cc3)C(=O)c3ccc4ccccc4c3)sc2c1. The first kappa shape index (κ1) is 21.3. The number of thiazole rings is 1. The number of ether oxygens (including phenoxy) is 1. The van der Waals surface area contributed by atoms with E-state index in [9.17, 15) is 4.79 Å². The van der Waals surface area contributed by atoms with E-state index in [0.29, 0.717) is 10.7 Å². The maximum absolute atomic E-state index is 13.6. The Morgan fingerprint density at radius 3 is 2.58 bits per heavy atom. The van der Waals surface area contributed by atoms with Crippen LogP contribution in [-0.4, -0.2) is 24.2 Å². The topological polar surface area (TPSA) is 54.8 Å². The number of aromatic nitrogens is 1. The molecule has 7 heteroatoms. The molecule has 5 nitrogen and oxygen atoms in total. The molecule has 1 heterocycles. The van der Waals surface area contributed by atoms with Gasteiger partial charge in [0.25, 0.3) is 5.91 Å². The molecular weight excluding hydrogens is 498 g/mol. The second kappa shape index (κ2) is 9.13. The molecule has 0 unspecified atom stereocenters. The lowest BCUT2D eigenvalue weighted by molar-refractivity contribution is 0.0988. The highest BCUT2D eigenvalue weighted by Crippen LogP contribution is 2.32. The molecule has 0 spiro atoms. The largest absolute Gasteiger partial charge is 0.497 e. The van der Waals surface area contributed by atoms with Crippen molar-refractivity contribution in [2.24, 2.45) is 5.10 Å². The molecule has 1 aromatic heterocycles. The van der Waals surface area contributed by atoms with Gasteiger partial charge < -0.3 is 4.74 Å². The molecule has 0 aliphatic carbocycles. The van der Waals surface area contributed by atoms with Gasteiger partial charge in [0.15, 0.2) is 0 Å². The second-order valence-electron chi connectivity index (χ2n) is 7.31. The molecule has 4 aromatic carbocycles. The molecule has 5 rings (SSSR count). The predicted molar refractivity (Wildman–Crippen MR) is 139 cm³/mol. The number of benzene rings is 4.